The highest BCUT2D eigenvalue weighted by molar-refractivity contribution is 5.77. The number of nitrogens with zero attached hydrogens (tertiary/aromatic N) is 1. The lowest BCUT2D eigenvalue weighted by molar-refractivity contribution is -0.139. The van der Waals surface area contributed by atoms with E-state index in [1.165, 1.54) is 0 Å². The van der Waals surface area contributed by atoms with Crippen molar-refractivity contribution >= 4 is 5.91 Å². The topological polar surface area (TPSA) is 48.0 Å². The number of piperidine rings is 1. The summed E-state index contributed by atoms with van der Waals surface area (Å²) in [7, 11) is 1.64. The molecule has 0 radical (unpaired) electrons. The van der Waals surface area contributed by atoms with Crippen molar-refractivity contribution in [3.8, 4) is 11.5 Å². The van der Waals surface area contributed by atoms with E-state index in [-0.39, 0.29) is 18.6 Å². The summed E-state index contributed by atoms with van der Waals surface area (Å²) >= 11 is 0. The Morgan fingerprint density at radius 1 is 1.35 bits per heavy atom. The molecule has 0 bridgehead atoms. The number of ether oxygens (including phenoxy) is 3. The number of hydrogen-bond acceptors (Lipinski definition) is 4. The molecule has 1 fully saturated rings. The molecule has 1 aromatic rings. The van der Waals surface area contributed by atoms with Crippen LogP contribution in [0.5, 0.6) is 11.5 Å². The second-order valence-corrected chi connectivity index (χ2v) is 6.20. The van der Waals surface area contributed by atoms with Crippen molar-refractivity contribution in [1.29, 1.82) is 0 Å². The molecule has 0 spiro atoms. The molecule has 0 unspecified atom stereocenters. The summed E-state index contributed by atoms with van der Waals surface area (Å²) < 4.78 is 16.5. The minimum atomic E-state index is 0.0739. The highest BCUT2D eigenvalue weighted by Gasteiger charge is 2.24. The van der Waals surface area contributed by atoms with E-state index in [1.807, 2.05) is 43.0 Å². The molecule has 0 saturated carbocycles. The molecule has 2 rings (SSSR count). The highest BCUT2D eigenvalue weighted by Crippen LogP contribution is 2.22. The van der Waals surface area contributed by atoms with Crippen LogP contribution in [0.1, 0.15) is 26.7 Å². The van der Waals surface area contributed by atoms with E-state index in [0.717, 1.165) is 37.4 Å². The quantitative estimate of drug-likeness (QED) is 0.775. The van der Waals surface area contributed by atoms with Gasteiger partial charge >= 0.3 is 0 Å². The number of hydrogen-bond donors (Lipinski definition) is 0. The van der Waals surface area contributed by atoms with Gasteiger partial charge in [0, 0.05) is 25.1 Å². The Labute approximate surface area is 138 Å². The van der Waals surface area contributed by atoms with E-state index in [2.05, 4.69) is 0 Å². The third-order valence-electron chi connectivity index (χ3n) is 3.94. The lowest BCUT2D eigenvalue weighted by atomic mass is 9.99. The molecule has 1 aliphatic heterocycles. The summed E-state index contributed by atoms with van der Waals surface area (Å²) in [5.74, 6) is 2.02. The first kappa shape index (κ1) is 17.6. The Morgan fingerprint density at radius 3 is 2.87 bits per heavy atom. The van der Waals surface area contributed by atoms with Crippen molar-refractivity contribution in [2.24, 2.45) is 5.92 Å². The smallest absolute Gasteiger partial charge is 0.248 e. The molecule has 1 atom stereocenters. The average molecular weight is 321 g/mol. The van der Waals surface area contributed by atoms with Gasteiger partial charge in [0.05, 0.1) is 19.8 Å². The monoisotopic (exact) mass is 321 g/mol. The van der Waals surface area contributed by atoms with Gasteiger partial charge in [0.25, 0.3) is 0 Å². The third kappa shape index (κ3) is 5.75. The molecule has 5 heteroatoms. The summed E-state index contributed by atoms with van der Waals surface area (Å²) in [6, 6.07) is 7.60. The van der Waals surface area contributed by atoms with E-state index in [9.17, 15) is 4.79 Å². The van der Waals surface area contributed by atoms with Crippen molar-refractivity contribution < 1.29 is 19.0 Å². The van der Waals surface area contributed by atoms with Crippen LogP contribution < -0.4 is 9.47 Å². The van der Waals surface area contributed by atoms with E-state index in [0.29, 0.717) is 12.5 Å². The maximum Gasteiger partial charge on any atom is 0.248 e. The molecule has 1 heterocycles. The molecule has 5 nitrogen and oxygen atoms in total. The van der Waals surface area contributed by atoms with Crippen molar-refractivity contribution in [2.45, 2.75) is 32.8 Å². The first-order chi connectivity index (χ1) is 11.1. The zero-order valence-electron chi connectivity index (χ0n) is 14.3. The van der Waals surface area contributed by atoms with Crippen molar-refractivity contribution in [3.05, 3.63) is 24.3 Å². The minimum Gasteiger partial charge on any atom is -0.497 e. The molecule has 1 aromatic carbocycles. The van der Waals surface area contributed by atoms with Crippen molar-refractivity contribution in [1.82, 2.24) is 4.90 Å². The first-order valence-electron chi connectivity index (χ1n) is 8.24. The van der Waals surface area contributed by atoms with Crippen LogP contribution in [-0.4, -0.2) is 50.3 Å². The van der Waals surface area contributed by atoms with Crippen LogP contribution in [0.4, 0.5) is 0 Å². The minimum absolute atomic E-state index is 0.0739. The van der Waals surface area contributed by atoms with Crippen LogP contribution in [0.2, 0.25) is 0 Å². The molecular formula is C18H27NO4. The SMILES string of the molecule is COc1cccc(OC[C@H]2CCCN(C(=O)COC(C)C)C2)c1. The Hall–Kier alpha value is -1.75. The number of carbonyl (C=O) groups is 1. The predicted molar refractivity (Wildman–Crippen MR) is 88.9 cm³/mol. The van der Waals surface area contributed by atoms with Gasteiger partial charge < -0.3 is 19.1 Å². The van der Waals surface area contributed by atoms with Gasteiger partial charge in [-0.25, -0.2) is 0 Å². The number of methoxy groups -OCH3 is 1. The van der Waals surface area contributed by atoms with Crippen LogP contribution in [-0.2, 0) is 9.53 Å². The summed E-state index contributed by atoms with van der Waals surface area (Å²) in [4.78, 5) is 14.0. The lowest BCUT2D eigenvalue weighted by Crippen LogP contribution is -2.43. The molecule has 1 amide bonds. The number of likely N-dealkylation sites (tertiary alicyclic amines) is 1. The molecule has 0 aromatic heterocycles. The number of amides is 1. The number of rotatable bonds is 7. The summed E-state index contributed by atoms with van der Waals surface area (Å²) in [6.45, 7) is 6.21. The van der Waals surface area contributed by atoms with Gasteiger partial charge in [-0.2, -0.15) is 0 Å². The zero-order valence-corrected chi connectivity index (χ0v) is 14.3. The second-order valence-electron chi connectivity index (χ2n) is 6.20. The normalized spacial score (nSPS) is 18.1. The van der Waals surface area contributed by atoms with E-state index in [4.69, 9.17) is 14.2 Å². The van der Waals surface area contributed by atoms with Gasteiger partial charge in [0.2, 0.25) is 5.91 Å². The maximum atomic E-state index is 12.1. The summed E-state index contributed by atoms with van der Waals surface area (Å²) in [6.07, 6.45) is 2.18. The van der Waals surface area contributed by atoms with E-state index < -0.39 is 0 Å². The van der Waals surface area contributed by atoms with Gasteiger partial charge in [-0.15, -0.1) is 0 Å². The van der Waals surface area contributed by atoms with Crippen molar-refractivity contribution in [3.63, 3.8) is 0 Å². The molecule has 23 heavy (non-hydrogen) atoms. The van der Waals surface area contributed by atoms with E-state index >= 15 is 0 Å². The van der Waals surface area contributed by atoms with Crippen LogP contribution >= 0.6 is 0 Å². The lowest BCUT2D eigenvalue weighted by Gasteiger charge is -2.32. The average Bonchev–Trinajstić information content (AvgIpc) is 2.58. The molecule has 0 N–H and O–H groups in total. The van der Waals surface area contributed by atoms with Crippen LogP contribution in [0.25, 0.3) is 0 Å². The Kier molecular flexibility index (Phi) is 6.71. The Bertz CT molecular complexity index is 504. The molecule has 1 saturated heterocycles. The number of carbonyl (C=O) groups excluding carboxylic acids is 1. The fraction of sp³-hybridized carbons (Fsp3) is 0.611. The number of benzene rings is 1. The van der Waals surface area contributed by atoms with Gasteiger partial charge in [0.1, 0.15) is 18.1 Å². The largest absolute Gasteiger partial charge is 0.497 e. The second kappa shape index (κ2) is 8.77. The molecular weight excluding hydrogens is 294 g/mol. The van der Waals surface area contributed by atoms with E-state index in [1.54, 1.807) is 7.11 Å². The summed E-state index contributed by atoms with van der Waals surface area (Å²) in [5, 5.41) is 0. The molecule has 1 aliphatic rings. The van der Waals surface area contributed by atoms with Crippen LogP contribution in [0.15, 0.2) is 24.3 Å². The summed E-state index contributed by atoms with van der Waals surface area (Å²) in [5.41, 5.74) is 0. The van der Waals surface area contributed by atoms with Crippen LogP contribution in [0.3, 0.4) is 0 Å². The van der Waals surface area contributed by atoms with Crippen LogP contribution in [0, 0.1) is 5.92 Å². The van der Waals surface area contributed by atoms with Gasteiger partial charge in [-0.1, -0.05) is 6.07 Å². The van der Waals surface area contributed by atoms with Gasteiger partial charge in [0.15, 0.2) is 0 Å². The first-order valence-corrected chi connectivity index (χ1v) is 8.24. The van der Waals surface area contributed by atoms with Gasteiger partial charge in [-0.3, -0.25) is 4.79 Å². The maximum absolute atomic E-state index is 12.1. The fourth-order valence-corrected chi connectivity index (χ4v) is 2.66. The fourth-order valence-electron chi connectivity index (χ4n) is 2.66. The highest BCUT2D eigenvalue weighted by atomic mass is 16.5. The molecule has 128 valence electrons. The van der Waals surface area contributed by atoms with Crippen molar-refractivity contribution in [2.75, 3.05) is 33.4 Å². The molecule has 0 aliphatic carbocycles. The predicted octanol–water partition coefficient (Wildman–Crippen LogP) is 2.74. The Morgan fingerprint density at radius 2 is 2.13 bits per heavy atom. The standard InChI is InChI=1S/C18H27NO4/c1-14(2)22-13-18(20)19-9-5-6-15(11-19)12-23-17-8-4-7-16(10-17)21-3/h4,7-8,10,14-15H,5-6,9,11-13H2,1-3H3/t15-/m0/s1. The third-order valence-corrected chi connectivity index (χ3v) is 3.94. The Balaban J connectivity index is 1.80. The zero-order chi connectivity index (χ0) is 16.7. The van der Waals surface area contributed by atoms with Gasteiger partial charge in [-0.05, 0) is 38.8 Å².